The van der Waals surface area contributed by atoms with Crippen LogP contribution in [0.2, 0.25) is 0 Å². The zero-order chi connectivity index (χ0) is 18.8. The van der Waals surface area contributed by atoms with Gasteiger partial charge in [-0.25, -0.2) is 14.5 Å². The third-order valence-corrected chi connectivity index (χ3v) is 4.41. The Morgan fingerprint density at radius 2 is 2.23 bits per heavy atom. The van der Waals surface area contributed by atoms with Crippen LogP contribution in [-0.2, 0) is 11.3 Å². The van der Waals surface area contributed by atoms with Crippen LogP contribution in [0, 0.1) is 6.92 Å². The summed E-state index contributed by atoms with van der Waals surface area (Å²) in [5, 5.41) is 14.8. The van der Waals surface area contributed by atoms with Crippen LogP contribution in [0.4, 0.5) is 0 Å². The highest BCUT2D eigenvalue weighted by Crippen LogP contribution is 2.30. The largest absolute Gasteiger partial charge is 0.488 e. The van der Waals surface area contributed by atoms with Crippen LogP contribution < -0.4 is 0 Å². The number of allylic oxidation sites excluding steroid dienone is 4. The lowest BCUT2D eigenvalue weighted by molar-refractivity contribution is 0.0699. The molecule has 3 rings (SSSR count). The van der Waals surface area contributed by atoms with E-state index in [0.717, 1.165) is 12.0 Å². The lowest BCUT2D eigenvalue weighted by Gasteiger charge is -2.10. The van der Waals surface area contributed by atoms with E-state index >= 15 is 0 Å². The topological polar surface area (TPSA) is 77.2 Å². The highest BCUT2D eigenvalue weighted by Gasteiger charge is 2.23. The first-order valence-electron chi connectivity index (χ1n) is 8.71. The number of hydrogen-bond donors (Lipinski definition) is 1. The first-order chi connectivity index (χ1) is 12.4. The fourth-order valence-corrected chi connectivity index (χ4v) is 3.14. The average Bonchev–Trinajstić information content (AvgIpc) is 3.17. The van der Waals surface area contributed by atoms with Crippen molar-refractivity contribution in [1.29, 1.82) is 0 Å². The molecule has 1 aliphatic rings. The maximum atomic E-state index is 11.8. The summed E-state index contributed by atoms with van der Waals surface area (Å²) in [4.78, 5) is 16.5. The fourth-order valence-electron chi connectivity index (χ4n) is 3.14. The smallest absolute Gasteiger partial charge is 0.336 e. The van der Waals surface area contributed by atoms with Crippen molar-refractivity contribution in [2.75, 3.05) is 0 Å². The number of carbonyl (C=O) groups is 1. The molecule has 136 valence electrons. The molecule has 3 heterocycles. The van der Waals surface area contributed by atoms with E-state index in [9.17, 15) is 9.90 Å². The number of aromatic nitrogens is 3. The first kappa shape index (κ1) is 17.9. The second-order valence-electron chi connectivity index (χ2n) is 6.40. The molecule has 0 aromatic carbocycles. The molecule has 1 N–H and O–H groups in total. The molecule has 1 unspecified atom stereocenters. The minimum atomic E-state index is -0.993. The molecule has 0 spiro atoms. The molecule has 0 aliphatic carbocycles. The van der Waals surface area contributed by atoms with Gasteiger partial charge in [-0.1, -0.05) is 18.2 Å². The van der Waals surface area contributed by atoms with Crippen molar-refractivity contribution in [3.63, 3.8) is 0 Å². The Kier molecular flexibility index (Phi) is 4.93. The van der Waals surface area contributed by atoms with Gasteiger partial charge in [0, 0.05) is 6.42 Å². The second-order valence-corrected chi connectivity index (χ2v) is 6.40. The van der Waals surface area contributed by atoms with Crippen molar-refractivity contribution in [3.8, 4) is 0 Å². The van der Waals surface area contributed by atoms with Gasteiger partial charge in [0.15, 0.2) is 5.65 Å². The van der Waals surface area contributed by atoms with E-state index < -0.39 is 5.97 Å². The molecular weight excluding hydrogens is 330 g/mol. The Balaban J connectivity index is 2.18. The predicted octanol–water partition coefficient (Wildman–Crippen LogP) is 4.11. The number of ether oxygens (including phenoxy) is 1. The van der Waals surface area contributed by atoms with Gasteiger partial charge in [0.2, 0.25) is 0 Å². The number of nitrogens with zero attached hydrogens (tertiary/aromatic N) is 3. The van der Waals surface area contributed by atoms with E-state index in [0.29, 0.717) is 34.7 Å². The fraction of sp³-hybridized carbons (Fsp3) is 0.350. The highest BCUT2D eigenvalue weighted by atomic mass is 16.5. The van der Waals surface area contributed by atoms with Crippen LogP contribution in [0.15, 0.2) is 35.9 Å². The van der Waals surface area contributed by atoms with Gasteiger partial charge in [-0.15, -0.1) is 0 Å². The van der Waals surface area contributed by atoms with E-state index in [2.05, 4.69) is 5.10 Å². The molecule has 6 nitrogen and oxygen atoms in total. The predicted molar refractivity (Wildman–Crippen MR) is 101 cm³/mol. The van der Waals surface area contributed by atoms with Crippen molar-refractivity contribution in [2.24, 2.45) is 0 Å². The molecule has 0 radical (unpaired) electrons. The summed E-state index contributed by atoms with van der Waals surface area (Å²) < 4.78 is 7.53. The van der Waals surface area contributed by atoms with E-state index in [1.807, 2.05) is 52.0 Å². The van der Waals surface area contributed by atoms with Gasteiger partial charge in [-0.05, 0) is 45.4 Å². The van der Waals surface area contributed by atoms with Gasteiger partial charge in [0.25, 0.3) is 0 Å². The molecule has 26 heavy (non-hydrogen) atoms. The molecule has 1 aliphatic heterocycles. The summed E-state index contributed by atoms with van der Waals surface area (Å²) in [6.45, 7) is 8.24. The van der Waals surface area contributed by atoms with Gasteiger partial charge >= 0.3 is 5.97 Å². The summed E-state index contributed by atoms with van der Waals surface area (Å²) in [6, 6.07) is 1.58. The van der Waals surface area contributed by atoms with Crippen molar-refractivity contribution in [2.45, 2.75) is 46.8 Å². The molecule has 0 saturated heterocycles. The average molecular weight is 353 g/mol. The van der Waals surface area contributed by atoms with Crippen molar-refractivity contribution >= 4 is 22.8 Å². The van der Waals surface area contributed by atoms with E-state index in [-0.39, 0.29) is 11.7 Å². The van der Waals surface area contributed by atoms with Crippen molar-refractivity contribution in [3.05, 3.63) is 52.9 Å². The quantitative estimate of drug-likeness (QED) is 0.819. The SMILES string of the molecule is CC=CC(=CC)Cn1nc(C)c2c(C(=O)O)cc(C3=CCC(C)O3)nc21. The first-order valence-corrected chi connectivity index (χ1v) is 8.71. The van der Waals surface area contributed by atoms with Gasteiger partial charge in [0.05, 0.1) is 29.3 Å². The molecule has 6 heteroatoms. The monoisotopic (exact) mass is 353 g/mol. The molecule has 1 atom stereocenters. The minimum Gasteiger partial charge on any atom is -0.488 e. The summed E-state index contributed by atoms with van der Waals surface area (Å²) >= 11 is 0. The van der Waals surface area contributed by atoms with Gasteiger partial charge < -0.3 is 9.84 Å². The molecule has 0 fully saturated rings. The number of aryl methyl sites for hydroxylation is 1. The van der Waals surface area contributed by atoms with Gasteiger partial charge in [-0.3, -0.25) is 0 Å². The van der Waals surface area contributed by atoms with Crippen LogP contribution in [0.1, 0.15) is 48.9 Å². The molecule has 2 aromatic heterocycles. The number of aromatic carboxylic acids is 1. The van der Waals surface area contributed by atoms with E-state index in [1.165, 1.54) is 0 Å². The Hall–Kier alpha value is -2.89. The number of fused-ring (bicyclic) bond motifs is 1. The summed E-state index contributed by atoms with van der Waals surface area (Å²) in [6.07, 6.45) is 8.81. The third-order valence-electron chi connectivity index (χ3n) is 4.41. The number of carboxylic acids is 1. The summed E-state index contributed by atoms with van der Waals surface area (Å²) in [7, 11) is 0. The molecular formula is C20H23N3O3. The van der Waals surface area contributed by atoms with Crippen LogP contribution in [0.25, 0.3) is 16.8 Å². The van der Waals surface area contributed by atoms with Crippen molar-refractivity contribution in [1.82, 2.24) is 14.8 Å². The Labute approximate surface area is 152 Å². The maximum absolute atomic E-state index is 11.8. The zero-order valence-corrected chi connectivity index (χ0v) is 15.5. The Morgan fingerprint density at radius 3 is 2.81 bits per heavy atom. The van der Waals surface area contributed by atoms with Crippen molar-refractivity contribution < 1.29 is 14.6 Å². The van der Waals surface area contributed by atoms with Crippen LogP contribution in [0.5, 0.6) is 0 Å². The Morgan fingerprint density at radius 1 is 1.46 bits per heavy atom. The summed E-state index contributed by atoms with van der Waals surface area (Å²) in [5.41, 5.74) is 3.03. The standard InChI is InChI=1S/C20H23N3O3/c1-5-7-14(6-2)11-23-19-18(13(4)22-23)15(20(24)25)10-16(21-19)17-9-8-12(3)26-17/h5-7,9-10,12H,8,11H2,1-4H3,(H,24,25). The van der Waals surface area contributed by atoms with Gasteiger partial charge in [0.1, 0.15) is 11.5 Å². The second kappa shape index (κ2) is 7.15. The molecule has 2 aromatic rings. The minimum absolute atomic E-state index is 0.0757. The van der Waals surface area contributed by atoms with Gasteiger partial charge in [-0.2, -0.15) is 5.10 Å². The number of hydrogen-bond acceptors (Lipinski definition) is 4. The van der Waals surface area contributed by atoms with Crippen LogP contribution in [0.3, 0.4) is 0 Å². The summed E-state index contributed by atoms with van der Waals surface area (Å²) in [5.74, 6) is -0.361. The number of rotatable bonds is 5. The lowest BCUT2D eigenvalue weighted by atomic mass is 10.1. The Bertz CT molecular complexity index is 951. The zero-order valence-electron chi connectivity index (χ0n) is 15.5. The number of carboxylic acid groups (broad SMARTS) is 1. The van der Waals surface area contributed by atoms with E-state index in [1.54, 1.807) is 10.7 Å². The third kappa shape index (κ3) is 3.27. The molecule has 0 bridgehead atoms. The van der Waals surface area contributed by atoms with Crippen LogP contribution >= 0.6 is 0 Å². The highest BCUT2D eigenvalue weighted by molar-refractivity contribution is 6.03. The molecule has 0 amide bonds. The normalized spacial score (nSPS) is 17.8. The van der Waals surface area contributed by atoms with E-state index in [4.69, 9.17) is 9.72 Å². The lowest BCUT2D eigenvalue weighted by Crippen LogP contribution is -2.07. The number of pyridine rings is 1. The van der Waals surface area contributed by atoms with Crippen LogP contribution in [-0.4, -0.2) is 31.9 Å². The maximum Gasteiger partial charge on any atom is 0.336 e. The molecule has 0 saturated carbocycles.